The van der Waals surface area contributed by atoms with Gasteiger partial charge in [0.2, 0.25) is 0 Å². The van der Waals surface area contributed by atoms with Crippen molar-refractivity contribution < 1.29 is 0 Å². The third kappa shape index (κ3) is 2.92. The number of hydrogen-bond acceptors (Lipinski definition) is 2. The molecule has 0 saturated carbocycles. The van der Waals surface area contributed by atoms with E-state index >= 15 is 0 Å². The molecule has 0 bridgehead atoms. The van der Waals surface area contributed by atoms with E-state index in [1.807, 2.05) is 30.0 Å². The third-order valence-corrected chi connectivity index (χ3v) is 6.16. The van der Waals surface area contributed by atoms with Crippen molar-refractivity contribution >= 4 is 34.4 Å². The summed E-state index contributed by atoms with van der Waals surface area (Å²) in [4.78, 5) is 4.90. The van der Waals surface area contributed by atoms with Crippen molar-refractivity contribution in [2.75, 3.05) is 4.90 Å². The molecule has 0 spiro atoms. The van der Waals surface area contributed by atoms with Gasteiger partial charge < -0.3 is 4.90 Å². The first kappa shape index (κ1) is 16.9. The van der Waals surface area contributed by atoms with Gasteiger partial charge in [0.25, 0.3) is 0 Å². The topological polar surface area (TPSA) is 3.24 Å². The Kier molecular flexibility index (Phi) is 4.27. The second-order valence-electron chi connectivity index (χ2n) is 6.76. The Bertz CT molecular complexity index is 1100. The second kappa shape index (κ2) is 7.06. The van der Waals surface area contributed by atoms with Gasteiger partial charge in [0.15, 0.2) is 0 Å². The lowest BCUT2D eigenvalue weighted by Crippen LogP contribution is -2.14. The molecule has 0 fully saturated rings. The van der Waals surface area contributed by atoms with Gasteiger partial charge in [0, 0.05) is 15.5 Å². The van der Waals surface area contributed by atoms with Crippen LogP contribution >= 0.6 is 11.8 Å². The first-order valence-corrected chi connectivity index (χ1v) is 10.1. The molecule has 4 aromatic carbocycles. The van der Waals surface area contributed by atoms with E-state index in [9.17, 15) is 0 Å². The monoisotopic (exact) mass is 377 g/mol. The molecule has 0 unspecified atom stereocenters. The molecule has 0 amide bonds. The Morgan fingerprint density at radius 2 is 1.07 bits per heavy atom. The van der Waals surface area contributed by atoms with E-state index < -0.39 is 0 Å². The highest BCUT2D eigenvalue weighted by molar-refractivity contribution is 7.99. The predicted molar refractivity (Wildman–Crippen MR) is 120 cm³/mol. The predicted octanol–water partition coefficient (Wildman–Crippen LogP) is 7.68. The van der Waals surface area contributed by atoms with Gasteiger partial charge in [0.1, 0.15) is 0 Å². The fourth-order valence-corrected chi connectivity index (χ4v) is 4.66. The number of rotatable bonds is 3. The van der Waals surface area contributed by atoms with Gasteiger partial charge in [-0.1, -0.05) is 85.1 Å². The van der Waals surface area contributed by atoms with Crippen LogP contribution in [-0.4, -0.2) is 0 Å². The Morgan fingerprint density at radius 1 is 0.571 bits per heavy atom. The van der Waals surface area contributed by atoms with Crippen molar-refractivity contribution in [3.8, 4) is 0 Å². The highest BCUT2D eigenvalue weighted by Crippen LogP contribution is 2.51. The molecule has 0 atom stereocenters. The molecule has 5 rings (SSSR count). The van der Waals surface area contributed by atoms with Crippen molar-refractivity contribution in [2.24, 2.45) is 0 Å². The van der Waals surface area contributed by atoms with Crippen LogP contribution in [0.15, 0.2) is 119 Å². The van der Waals surface area contributed by atoms with Crippen LogP contribution < -0.4 is 4.90 Å². The Morgan fingerprint density at radius 3 is 1.68 bits per heavy atom. The number of para-hydroxylation sites is 2. The van der Waals surface area contributed by atoms with E-state index in [-0.39, 0.29) is 0 Å². The molecule has 1 aliphatic rings. The van der Waals surface area contributed by atoms with Gasteiger partial charge in [-0.15, -0.1) is 0 Å². The largest absolute Gasteiger partial charge is 0.308 e. The smallest absolute Gasteiger partial charge is 0.0601 e. The maximum atomic E-state index is 4.29. The Balaban J connectivity index is 1.56. The van der Waals surface area contributed by atoms with E-state index in [2.05, 4.69) is 96.4 Å². The molecule has 1 aliphatic heterocycles. The normalized spacial score (nSPS) is 12.2. The SMILES string of the molecule is C=C(c1ccccc1)c1ccc(N2c3ccccc3Sc3ccccc32)cc1. The maximum absolute atomic E-state index is 4.29. The molecule has 2 heteroatoms. The van der Waals surface area contributed by atoms with Crippen LogP contribution in [0.1, 0.15) is 11.1 Å². The summed E-state index contributed by atoms with van der Waals surface area (Å²) >= 11 is 1.83. The second-order valence-corrected chi connectivity index (χ2v) is 7.85. The first-order valence-electron chi connectivity index (χ1n) is 9.32. The minimum atomic E-state index is 1.04. The van der Waals surface area contributed by atoms with Gasteiger partial charge in [-0.2, -0.15) is 0 Å². The fraction of sp³-hybridized carbons (Fsp3) is 0. The first-order chi connectivity index (χ1) is 13.8. The maximum Gasteiger partial charge on any atom is 0.0601 e. The summed E-state index contributed by atoms with van der Waals surface area (Å²) in [6.45, 7) is 4.29. The van der Waals surface area contributed by atoms with Gasteiger partial charge in [0.05, 0.1) is 11.4 Å². The molecule has 0 aliphatic carbocycles. The van der Waals surface area contributed by atoms with Crippen molar-refractivity contribution in [1.82, 2.24) is 0 Å². The van der Waals surface area contributed by atoms with E-state index in [0.717, 1.165) is 22.4 Å². The van der Waals surface area contributed by atoms with E-state index in [4.69, 9.17) is 0 Å². The molecule has 1 nitrogen and oxygen atoms in total. The van der Waals surface area contributed by atoms with E-state index in [1.54, 1.807) is 0 Å². The van der Waals surface area contributed by atoms with Crippen LogP contribution in [0.4, 0.5) is 17.1 Å². The van der Waals surface area contributed by atoms with Crippen LogP contribution in [0.2, 0.25) is 0 Å². The van der Waals surface area contributed by atoms with Gasteiger partial charge in [-0.05, 0) is 53.1 Å². The van der Waals surface area contributed by atoms with Crippen molar-refractivity contribution in [2.45, 2.75) is 9.79 Å². The quantitative estimate of drug-likeness (QED) is 0.317. The van der Waals surface area contributed by atoms with Crippen molar-refractivity contribution in [1.29, 1.82) is 0 Å². The summed E-state index contributed by atoms with van der Waals surface area (Å²) in [5.74, 6) is 0. The summed E-state index contributed by atoms with van der Waals surface area (Å²) < 4.78 is 0. The van der Waals surface area contributed by atoms with Crippen LogP contribution in [0.25, 0.3) is 5.57 Å². The molecule has 0 aromatic heterocycles. The van der Waals surface area contributed by atoms with Crippen molar-refractivity contribution in [3.05, 3.63) is 121 Å². The minimum absolute atomic E-state index is 1.04. The molecular formula is C26H19NS. The molecule has 0 radical (unpaired) electrons. The summed E-state index contributed by atoms with van der Waals surface area (Å²) in [6.07, 6.45) is 0. The lowest BCUT2D eigenvalue weighted by Gasteiger charge is -2.32. The lowest BCUT2D eigenvalue weighted by atomic mass is 9.99. The molecule has 1 heterocycles. The van der Waals surface area contributed by atoms with Crippen molar-refractivity contribution in [3.63, 3.8) is 0 Å². The zero-order chi connectivity index (χ0) is 18.9. The molecule has 4 aromatic rings. The number of anilines is 3. The fourth-order valence-electron chi connectivity index (χ4n) is 3.60. The summed E-state index contributed by atoms with van der Waals surface area (Å²) in [5, 5.41) is 0. The number of hydrogen-bond donors (Lipinski definition) is 0. The summed E-state index contributed by atoms with van der Waals surface area (Å²) in [6, 6.07) is 36.2. The Hall–Kier alpha value is -3.23. The highest BCUT2D eigenvalue weighted by Gasteiger charge is 2.24. The van der Waals surface area contributed by atoms with Gasteiger partial charge >= 0.3 is 0 Å². The lowest BCUT2D eigenvalue weighted by molar-refractivity contribution is 1.16. The molecule has 0 N–H and O–H groups in total. The zero-order valence-electron chi connectivity index (χ0n) is 15.4. The Labute approximate surface area is 170 Å². The standard InChI is InChI=1S/C26H19NS/c1-19(20-9-3-2-4-10-20)21-15-17-22(18-16-21)27-23-11-5-7-13-25(23)28-26-14-8-6-12-24(26)27/h2-18H,1H2. The number of nitrogens with zero attached hydrogens (tertiary/aromatic N) is 1. The van der Waals surface area contributed by atoms with Crippen LogP contribution in [0.5, 0.6) is 0 Å². The van der Waals surface area contributed by atoms with Crippen LogP contribution in [0.3, 0.4) is 0 Å². The van der Waals surface area contributed by atoms with Gasteiger partial charge in [-0.25, -0.2) is 0 Å². The van der Waals surface area contributed by atoms with E-state index in [0.29, 0.717) is 0 Å². The van der Waals surface area contributed by atoms with Gasteiger partial charge in [-0.3, -0.25) is 0 Å². The average Bonchev–Trinajstić information content (AvgIpc) is 2.77. The number of benzene rings is 4. The highest BCUT2D eigenvalue weighted by atomic mass is 32.2. The third-order valence-electron chi connectivity index (χ3n) is 5.03. The molecule has 134 valence electrons. The summed E-state index contributed by atoms with van der Waals surface area (Å²) in [5.41, 5.74) is 6.94. The number of fused-ring (bicyclic) bond motifs is 2. The average molecular weight is 378 g/mol. The van der Waals surface area contributed by atoms with E-state index in [1.165, 1.54) is 21.2 Å². The molecule has 28 heavy (non-hydrogen) atoms. The van der Waals surface area contributed by atoms with Crippen LogP contribution in [0, 0.1) is 0 Å². The zero-order valence-corrected chi connectivity index (χ0v) is 16.2. The molecule has 0 saturated heterocycles. The molecular weight excluding hydrogens is 358 g/mol. The van der Waals surface area contributed by atoms with Crippen LogP contribution in [-0.2, 0) is 0 Å². The summed E-state index contributed by atoms with van der Waals surface area (Å²) in [7, 11) is 0. The minimum Gasteiger partial charge on any atom is -0.308 e.